The van der Waals surface area contributed by atoms with Gasteiger partial charge in [0.2, 0.25) is 0 Å². The highest BCUT2D eigenvalue weighted by Crippen LogP contribution is 2.34. The summed E-state index contributed by atoms with van der Waals surface area (Å²) in [4.78, 5) is 26.3. The average Bonchev–Trinajstić information content (AvgIpc) is 3.14. The Hall–Kier alpha value is -1.77. The zero-order valence-electron chi connectivity index (χ0n) is 16.8. The Morgan fingerprint density at radius 2 is 2.07 bits per heavy atom. The molecule has 8 heteroatoms. The van der Waals surface area contributed by atoms with Gasteiger partial charge in [0.15, 0.2) is 17.6 Å². The number of nitrogens with zero attached hydrogens (tertiary/aromatic N) is 2. The molecule has 156 valence electrons. The number of rotatable bonds is 10. The maximum atomic E-state index is 12.8. The van der Waals surface area contributed by atoms with Gasteiger partial charge >= 0.3 is 0 Å². The van der Waals surface area contributed by atoms with Crippen LogP contribution in [0.3, 0.4) is 0 Å². The Kier molecular flexibility index (Phi) is 8.20. The SMILES string of the molecule is CCCCCCCSCc1cc(NC(=O)C2C(=O)c3ccccc3SN2C)no1. The lowest BCUT2D eigenvalue weighted by molar-refractivity contribution is -0.118. The van der Waals surface area contributed by atoms with E-state index in [0.717, 1.165) is 22.2 Å². The van der Waals surface area contributed by atoms with E-state index in [2.05, 4.69) is 17.4 Å². The third-order valence-corrected chi connectivity index (χ3v) is 6.82. The van der Waals surface area contributed by atoms with Crippen LogP contribution in [0.4, 0.5) is 5.82 Å². The van der Waals surface area contributed by atoms with Crippen molar-refractivity contribution < 1.29 is 14.1 Å². The summed E-state index contributed by atoms with van der Waals surface area (Å²) < 4.78 is 6.99. The van der Waals surface area contributed by atoms with Crippen molar-refractivity contribution in [2.75, 3.05) is 18.1 Å². The van der Waals surface area contributed by atoms with Gasteiger partial charge in [-0.1, -0.05) is 56.0 Å². The van der Waals surface area contributed by atoms with Crippen molar-refractivity contribution in [2.45, 2.75) is 55.7 Å². The number of unbranched alkanes of at least 4 members (excludes halogenated alkanes) is 4. The van der Waals surface area contributed by atoms with E-state index in [-0.39, 0.29) is 5.78 Å². The number of hydrogen-bond acceptors (Lipinski definition) is 7. The van der Waals surface area contributed by atoms with E-state index < -0.39 is 11.9 Å². The van der Waals surface area contributed by atoms with Crippen LogP contribution in [0.15, 0.2) is 39.8 Å². The molecule has 6 nitrogen and oxygen atoms in total. The van der Waals surface area contributed by atoms with Gasteiger partial charge in [0.1, 0.15) is 5.76 Å². The average molecular weight is 434 g/mol. The highest BCUT2D eigenvalue weighted by molar-refractivity contribution is 7.98. The quantitative estimate of drug-likeness (QED) is 0.320. The van der Waals surface area contributed by atoms with Gasteiger partial charge in [-0.05, 0) is 37.2 Å². The number of thioether (sulfide) groups is 1. The molecule has 1 unspecified atom stereocenters. The zero-order chi connectivity index (χ0) is 20.6. The lowest BCUT2D eigenvalue weighted by atomic mass is 10.0. The van der Waals surface area contributed by atoms with E-state index in [9.17, 15) is 9.59 Å². The Balaban J connectivity index is 1.49. The number of fused-ring (bicyclic) bond motifs is 1. The Bertz CT molecular complexity index is 840. The number of carbonyl (C=O) groups is 2. The molecule has 0 spiro atoms. The van der Waals surface area contributed by atoms with Crippen molar-refractivity contribution >= 4 is 41.2 Å². The van der Waals surface area contributed by atoms with Crippen LogP contribution in [0.25, 0.3) is 0 Å². The smallest absolute Gasteiger partial charge is 0.251 e. The van der Waals surface area contributed by atoms with Gasteiger partial charge < -0.3 is 9.84 Å². The largest absolute Gasteiger partial charge is 0.358 e. The summed E-state index contributed by atoms with van der Waals surface area (Å²) in [5.41, 5.74) is 0.576. The third-order valence-electron chi connectivity index (χ3n) is 4.70. The number of anilines is 1. The predicted molar refractivity (Wildman–Crippen MR) is 118 cm³/mol. The first-order valence-electron chi connectivity index (χ1n) is 9.98. The van der Waals surface area contributed by atoms with E-state index in [1.807, 2.05) is 18.2 Å². The minimum absolute atomic E-state index is 0.207. The highest BCUT2D eigenvalue weighted by atomic mass is 32.2. The van der Waals surface area contributed by atoms with Gasteiger partial charge in [-0.15, -0.1) is 0 Å². The van der Waals surface area contributed by atoms with Crippen LogP contribution in [-0.4, -0.2) is 40.0 Å². The van der Waals surface area contributed by atoms with Crippen LogP contribution in [0, 0.1) is 0 Å². The molecule has 1 atom stereocenters. The standard InChI is InChI=1S/C21H27N3O3S2/c1-3-4-5-6-9-12-28-14-15-13-18(23-27-15)22-21(26)19-20(25)16-10-7-8-11-17(16)29-24(19)2/h7-8,10-11,13,19H,3-6,9,12,14H2,1-2H3,(H,22,23,26). The molecular formula is C21H27N3O3S2. The molecule has 2 heterocycles. The first-order valence-corrected chi connectivity index (χ1v) is 11.9. The number of hydrogen-bond donors (Lipinski definition) is 1. The number of amides is 1. The van der Waals surface area contributed by atoms with E-state index in [0.29, 0.717) is 11.4 Å². The molecule has 1 aliphatic heterocycles. The molecule has 1 N–H and O–H groups in total. The van der Waals surface area contributed by atoms with Crippen molar-refractivity contribution in [2.24, 2.45) is 0 Å². The first kappa shape index (κ1) is 21.9. The van der Waals surface area contributed by atoms with Gasteiger partial charge in [-0.25, -0.2) is 4.31 Å². The van der Waals surface area contributed by atoms with Gasteiger partial charge in [0.25, 0.3) is 5.91 Å². The molecule has 1 aromatic carbocycles. The van der Waals surface area contributed by atoms with Crippen LogP contribution >= 0.6 is 23.7 Å². The molecule has 0 fully saturated rings. The molecule has 1 aliphatic rings. The molecule has 0 saturated carbocycles. The molecule has 1 amide bonds. The Morgan fingerprint density at radius 1 is 1.28 bits per heavy atom. The molecule has 1 aromatic heterocycles. The van der Waals surface area contributed by atoms with Gasteiger partial charge in [0, 0.05) is 16.5 Å². The number of carbonyl (C=O) groups excluding carboxylic acids is 2. The fraction of sp³-hybridized carbons (Fsp3) is 0.476. The van der Waals surface area contributed by atoms with Crippen molar-refractivity contribution in [3.8, 4) is 0 Å². The third kappa shape index (κ3) is 5.87. The fourth-order valence-electron chi connectivity index (χ4n) is 3.17. The van der Waals surface area contributed by atoms with Crippen LogP contribution in [-0.2, 0) is 10.5 Å². The molecular weight excluding hydrogens is 406 g/mol. The van der Waals surface area contributed by atoms with Crippen LogP contribution < -0.4 is 5.32 Å². The number of aromatic nitrogens is 1. The maximum absolute atomic E-state index is 12.8. The van der Waals surface area contributed by atoms with E-state index in [4.69, 9.17) is 4.52 Å². The summed E-state index contributed by atoms with van der Waals surface area (Å²) in [6.45, 7) is 2.22. The summed E-state index contributed by atoms with van der Waals surface area (Å²) >= 11 is 3.20. The van der Waals surface area contributed by atoms with Gasteiger partial charge in [-0.2, -0.15) is 11.8 Å². The monoisotopic (exact) mass is 433 g/mol. The van der Waals surface area contributed by atoms with Crippen molar-refractivity contribution in [3.63, 3.8) is 0 Å². The zero-order valence-corrected chi connectivity index (χ0v) is 18.5. The number of ketones is 1. The molecule has 29 heavy (non-hydrogen) atoms. The highest BCUT2D eigenvalue weighted by Gasteiger charge is 2.37. The molecule has 0 bridgehead atoms. The van der Waals surface area contributed by atoms with Gasteiger partial charge in [-0.3, -0.25) is 9.59 Å². The number of nitrogens with one attached hydrogen (secondary N) is 1. The summed E-state index contributed by atoms with van der Waals surface area (Å²) in [5.74, 6) is 2.27. The van der Waals surface area contributed by atoms with E-state index in [1.165, 1.54) is 44.1 Å². The molecule has 2 aromatic rings. The lowest BCUT2D eigenvalue weighted by Crippen LogP contribution is -2.46. The Morgan fingerprint density at radius 3 is 2.90 bits per heavy atom. The summed E-state index contributed by atoms with van der Waals surface area (Å²) in [6, 6.07) is 8.17. The van der Waals surface area contributed by atoms with Crippen molar-refractivity contribution in [3.05, 3.63) is 41.7 Å². The number of Topliss-reactive ketones (excluding diaryl/α,β-unsaturated/α-hetero) is 1. The van der Waals surface area contributed by atoms with E-state index >= 15 is 0 Å². The lowest BCUT2D eigenvalue weighted by Gasteiger charge is -2.30. The van der Waals surface area contributed by atoms with Crippen LogP contribution in [0.5, 0.6) is 0 Å². The van der Waals surface area contributed by atoms with E-state index in [1.54, 1.807) is 35.2 Å². The minimum atomic E-state index is -0.896. The van der Waals surface area contributed by atoms with Gasteiger partial charge in [0.05, 0.1) is 5.75 Å². The summed E-state index contributed by atoms with van der Waals surface area (Å²) in [6.07, 6.45) is 6.33. The summed E-state index contributed by atoms with van der Waals surface area (Å²) in [5, 5.41) is 6.65. The number of benzene rings is 1. The minimum Gasteiger partial charge on any atom is -0.358 e. The molecule has 0 saturated heterocycles. The second-order valence-corrected chi connectivity index (χ2v) is 9.34. The topological polar surface area (TPSA) is 75.4 Å². The maximum Gasteiger partial charge on any atom is 0.251 e. The molecule has 0 radical (unpaired) electrons. The molecule has 3 rings (SSSR count). The number of likely N-dealkylation sites (N-methyl/N-ethyl adjacent to an activating group) is 1. The summed E-state index contributed by atoms with van der Waals surface area (Å²) in [7, 11) is 1.74. The van der Waals surface area contributed by atoms with Crippen LogP contribution in [0.1, 0.15) is 55.1 Å². The molecule has 0 aliphatic carbocycles. The van der Waals surface area contributed by atoms with Crippen molar-refractivity contribution in [1.29, 1.82) is 0 Å². The first-order chi connectivity index (χ1) is 14.1. The van der Waals surface area contributed by atoms with Crippen molar-refractivity contribution in [1.82, 2.24) is 9.46 Å². The second kappa shape index (κ2) is 10.8. The van der Waals surface area contributed by atoms with Crippen LogP contribution in [0.2, 0.25) is 0 Å². The normalized spacial score (nSPS) is 16.6. The fourth-order valence-corrected chi connectivity index (χ4v) is 5.07. The second-order valence-electron chi connectivity index (χ2n) is 7.03. The predicted octanol–water partition coefficient (Wildman–Crippen LogP) is 5.02. The Labute approximate surface area is 180 Å².